The fourth-order valence-corrected chi connectivity index (χ4v) is 4.08. The summed E-state index contributed by atoms with van der Waals surface area (Å²) in [5.74, 6) is 0.833. The summed E-state index contributed by atoms with van der Waals surface area (Å²) in [7, 11) is 1.66. The summed E-state index contributed by atoms with van der Waals surface area (Å²) in [4.78, 5) is 15.9. The number of nitrogens with zero attached hydrogens (tertiary/aromatic N) is 1. The highest BCUT2D eigenvalue weighted by atomic mass is 79.9. The molecular formula is C14H16BrNO2S. The fourth-order valence-electron chi connectivity index (χ4n) is 2.70. The highest BCUT2D eigenvalue weighted by molar-refractivity contribution is 9.10. The number of halogens is 1. The van der Waals surface area contributed by atoms with Crippen LogP contribution in [-0.4, -0.2) is 19.4 Å². The van der Waals surface area contributed by atoms with Gasteiger partial charge in [-0.15, -0.1) is 11.8 Å². The van der Waals surface area contributed by atoms with Crippen molar-refractivity contribution < 1.29 is 9.53 Å². The van der Waals surface area contributed by atoms with E-state index in [1.54, 1.807) is 25.0 Å². The molecule has 19 heavy (non-hydrogen) atoms. The number of benzene rings is 1. The second kappa shape index (κ2) is 6.12. The minimum atomic E-state index is -0.388. The topological polar surface area (TPSA) is 38.7 Å². The molecule has 0 spiro atoms. The monoisotopic (exact) mass is 341 g/mol. The van der Waals surface area contributed by atoms with E-state index in [2.05, 4.69) is 27.0 Å². The molecule has 0 aromatic heterocycles. The molecule has 1 aromatic carbocycles. The van der Waals surface area contributed by atoms with Crippen LogP contribution in [0.2, 0.25) is 0 Å². The van der Waals surface area contributed by atoms with Gasteiger partial charge < -0.3 is 4.74 Å². The molecule has 1 fully saturated rings. The van der Waals surface area contributed by atoms with E-state index in [9.17, 15) is 4.79 Å². The van der Waals surface area contributed by atoms with E-state index in [4.69, 9.17) is 4.74 Å². The Bertz CT molecular complexity index is 520. The maximum atomic E-state index is 10.8. The number of aliphatic imine (C=N–C) groups is 1. The second-order valence-electron chi connectivity index (χ2n) is 4.64. The fraction of sp³-hybridized carbons (Fsp3) is 0.500. The molecule has 1 saturated carbocycles. The molecule has 5 heteroatoms. The van der Waals surface area contributed by atoms with Gasteiger partial charge in [0.1, 0.15) is 5.75 Å². The van der Waals surface area contributed by atoms with Gasteiger partial charge in [-0.3, -0.25) is 0 Å². The SMILES string of the molecule is COc1c(Br)cc(C2(N=C=O)CCCC2)cc1SC. The average molecular weight is 342 g/mol. The lowest BCUT2D eigenvalue weighted by Crippen LogP contribution is -2.19. The van der Waals surface area contributed by atoms with Crippen molar-refractivity contribution in [1.82, 2.24) is 0 Å². The number of methoxy groups -OCH3 is 1. The standard InChI is InChI=1S/C14H16BrNO2S/c1-18-13-11(15)7-10(8-12(13)19-2)14(16-9-17)5-3-4-6-14/h7-8H,3-6H2,1-2H3. The molecule has 0 radical (unpaired) electrons. The lowest BCUT2D eigenvalue weighted by atomic mass is 9.89. The molecule has 0 N–H and O–H groups in total. The van der Waals surface area contributed by atoms with Crippen molar-refractivity contribution in [2.45, 2.75) is 36.1 Å². The molecule has 1 aliphatic rings. The van der Waals surface area contributed by atoms with Crippen molar-refractivity contribution in [2.75, 3.05) is 13.4 Å². The number of hydrogen-bond donors (Lipinski definition) is 0. The van der Waals surface area contributed by atoms with Gasteiger partial charge in [0.05, 0.1) is 22.0 Å². The first-order chi connectivity index (χ1) is 9.16. The largest absolute Gasteiger partial charge is 0.494 e. The Kier molecular flexibility index (Phi) is 4.71. The third kappa shape index (κ3) is 2.73. The van der Waals surface area contributed by atoms with Crippen molar-refractivity contribution in [3.63, 3.8) is 0 Å². The molecule has 0 saturated heterocycles. The van der Waals surface area contributed by atoms with E-state index in [0.29, 0.717) is 0 Å². The third-order valence-electron chi connectivity index (χ3n) is 3.66. The van der Waals surface area contributed by atoms with Crippen LogP contribution < -0.4 is 4.74 Å². The van der Waals surface area contributed by atoms with E-state index in [1.165, 1.54) is 0 Å². The zero-order chi connectivity index (χ0) is 13.9. The summed E-state index contributed by atoms with van der Waals surface area (Å²) in [5.41, 5.74) is 0.687. The molecule has 3 nitrogen and oxygen atoms in total. The van der Waals surface area contributed by atoms with Crippen molar-refractivity contribution in [3.8, 4) is 5.75 Å². The van der Waals surface area contributed by atoms with E-state index in [-0.39, 0.29) is 5.54 Å². The number of isocyanates is 1. The van der Waals surface area contributed by atoms with Gasteiger partial charge in [0.25, 0.3) is 0 Å². The van der Waals surface area contributed by atoms with Gasteiger partial charge in [0.15, 0.2) is 0 Å². The van der Waals surface area contributed by atoms with Crippen molar-refractivity contribution in [1.29, 1.82) is 0 Å². The Morgan fingerprint density at radius 1 is 1.42 bits per heavy atom. The minimum absolute atomic E-state index is 0.388. The Labute approximate surface area is 126 Å². The van der Waals surface area contributed by atoms with E-state index < -0.39 is 0 Å². The number of hydrogen-bond acceptors (Lipinski definition) is 4. The molecule has 1 aliphatic carbocycles. The van der Waals surface area contributed by atoms with Crippen LogP contribution in [0.3, 0.4) is 0 Å². The van der Waals surface area contributed by atoms with Gasteiger partial charge in [0.2, 0.25) is 6.08 Å². The van der Waals surface area contributed by atoms with Gasteiger partial charge in [-0.1, -0.05) is 12.8 Å². The lowest BCUT2D eigenvalue weighted by Gasteiger charge is -2.24. The molecule has 1 aromatic rings. The lowest BCUT2D eigenvalue weighted by molar-refractivity contribution is 0.399. The van der Waals surface area contributed by atoms with Crippen molar-refractivity contribution >= 4 is 33.8 Å². The molecule has 0 bridgehead atoms. The molecular weight excluding hydrogens is 326 g/mol. The summed E-state index contributed by atoms with van der Waals surface area (Å²) in [6.45, 7) is 0. The summed E-state index contributed by atoms with van der Waals surface area (Å²) in [6, 6.07) is 4.10. The predicted molar refractivity (Wildman–Crippen MR) is 80.7 cm³/mol. The zero-order valence-electron chi connectivity index (χ0n) is 11.0. The summed E-state index contributed by atoms with van der Waals surface area (Å²) in [6.07, 6.45) is 7.79. The van der Waals surface area contributed by atoms with Gasteiger partial charge in [-0.2, -0.15) is 4.99 Å². The molecule has 0 aliphatic heterocycles. The van der Waals surface area contributed by atoms with Gasteiger partial charge in [-0.25, -0.2) is 4.79 Å². The first-order valence-corrected chi connectivity index (χ1v) is 8.19. The second-order valence-corrected chi connectivity index (χ2v) is 6.34. The quantitative estimate of drug-likeness (QED) is 0.466. The normalized spacial score (nSPS) is 17.0. The molecule has 0 atom stereocenters. The van der Waals surface area contributed by atoms with Crippen LogP contribution in [-0.2, 0) is 10.3 Å². The smallest absolute Gasteiger partial charge is 0.235 e. The van der Waals surface area contributed by atoms with Crippen LogP contribution in [0.4, 0.5) is 0 Å². The number of carbonyl (C=O) groups excluding carboxylic acids is 1. The molecule has 0 heterocycles. The first-order valence-electron chi connectivity index (χ1n) is 6.18. The summed E-state index contributed by atoms with van der Waals surface area (Å²) in [5, 5.41) is 0. The molecule has 0 amide bonds. The number of thioether (sulfide) groups is 1. The predicted octanol–water partition coefficient (Wildman–Crippen LogP) is 4.28. The molecule has 102 valence electrons. The molecule has 2 rings (SSSR count). The third-order valence-corrected chi connectivity index (χ3v) is 4.99. The van der Waals surface area contributed by atoms with E-state index in [1.807, 2.05) is 12.3 Å². The maximum absolute atomic E-state index is 10.8. The van der Waals surface area contributed by atoms with Crippen LogP contribution >= 0.6 is 27.7 Å². The Morgan fingerprint density at radius 3 is 2.63 bits per heavy atom. The summed E-state index contributed by atoms with van der Waals surface area (Å²) < 4.78 is 6.31. The van der Waals surface area contributed by atoms with E-state index in [0.717, 1.165) is 46.4 Å². The highest BCUT2D eigenvalue weighted by Gasteiger charge is 2.36. The Morgan fingerprint density at radius 2 is 2.11 bits per heavy atom. The number of rotatable bonds is 4. The maximum Gasteiger partial charge on any atom is 0.235 e. The van der Waals surface area contributed by atoms with Crippen LogP contribution in [0.1, 0.15) is 31.2 Å². The van der Waals surface area contributed by atoms with Crippen molar-refractivity contribution in [2.24, 2.45) is 4.99 Å². The highest BCUT2D eigenvalue weighted by Crippen LogP contribution is 2.46. The summed E-state index contributed by atoms with van der Waals surface area (Å²) >= 11 is 5.17. The first kappa shape index (κ1) is 14.6. The Balaban J connectivity index is 2.55. The Hall–Kier alpha value is -0.770. The number of ether oxygens (including phenoxy) is 1. The van der Waals surface area contributed by atoms with Gasteiger partial charge in [-0.05, 0) is 52.7 Å². The molecule has 0 unspecified atom stereocenters. The average Bonchev–Trinajstić information content (AvgIpc) is 2.88. The van der Waals surface area contributed by atoms with Crippen molar-refractivity contribution in [3.05, 3.63) is 22.2 Å². The van der Waals surface area contributed by atoms with Crippen LogP contribution in [0.15, 0.2) is 26.5 Å². The van der Waals surface area contributed by atoms with Crippen LogP contribution in [0.5, 0.6) is 5.75 Å². The van der Waals surface area contributed by atoms with Crippen LogP contribution in [0.25, 0.3) is 0 Å². The van der Waals surface area contributed by atoms with Crippen LogP contribution in [0, 0.1) is 0 Å². The minimum Gasteiger partial charge on any atom is -0.494 e. The van der Waals surface area contributed by atoms with E-state index >= 15 is 0 Å². The zero-order valence-corrected chi connectivity index (χ0v) is 13.4. The van der Waals surface area contributed by atoms with Gasteiger partial charge in [0, 0.05) is 0 Å². The van der Waals surface area contributed by atoms with Gasteiger partial charge >= 0.3 is 0 Å².